The molecule has 0 bridgehead atoms. The van der Waals surface area contributed by atoms with Gasteiger partial charge in [0.15, 0.2) is 23.3 Å². The molecule has 186 valence electrons. The quantitative estimate of drug-likeness (QED) is 0.413. The van der Waals surface area contributed by atoms with E-state index in [4.69, 9.17) is 0 Å². The zero-order valence-electron chi connectivity index (χ0n) is 19.7. The highest BCUT2D eigenvalue weighted by atomic mass is 19.2. The standard InChI is InChI=1S/C26H32F4N2O2/c1-31(2)25(33)6-4-3-5-13-32-14-11-18(12-15-32)26(34,19-7-9-21(27)23(29)16-19)20-8-10-22(28)24(30)17-20/h7-10,16-18,34H,3-6,11-15H2,1-2H3. The maximum Gasteiger partial charge on any atom is 0.222 e. The summed E-state index contributed by atoms with van der Waals surface area (Å²) in [5, 5.41) is 11.8. The van der Waals surface area contributed by atoms with E-state index in [9.17, 15) is 27.5 Å². The van der Waals surface area contributed by atoms with Crippen molar-refractivity contribution in [3.8, 4) is 0 Å². The largest absolute Gasteiger partial charge is 0.380 e. The average molecular weight is 481 g/mol. The minimum Gasteiger partial charge on any atom is -0.380 e. The molecule has 1 N–H and O–H groups in total. The molecular formula is C26H32F4N2O2. The van der Waals surface area contributed by atoms with Crippen molar-refractivity contribution < 1.29 is 27.5 Å². The second-order valence-corrected chi connectivity index (χ2v) is 9.24. The summed E-state index contributed by atoms with van der Waals surface area (Å²) in [6.07, 6.45) is 4.35. The number of carbonyl (C=O) groups excluding carboxylic acids is 1. The molecule has 3 rings (SSSR count). The van der Waals surface area contributed by atoms with E-state index in [0.717, 1.165) is 50.1 Å². The number of likely N-dealkylation sites (tertiary alicyclic amines) is 1. The summed E-state index contributed by atoms with van der Waals surface area (Å²) in [5.74, 6) is -4.57. The van der Waals surface area contributed by atoms with E-state index < -0.39 is 34.8 Å². The number of rotatable bonds is 9. The Morgan fingerprint density at radius 1 is 0.912 bits per heavy atom. The van der Waals surface area contributed by atoms with Crippen molar-refractivity contribution in [1.29, 1.82) is 0 Å². The SMILES string of the molecule is CN(C)C(=O)CCCCCN1CCC(C(O)(c2ccc(F)c(F)c2)c2ccc(F)c(F)c2)CC1. The van der Waals surface area contributed by atoms with Crippen molar-refractivity contribution in [2.24, 2.45) is 5.92 Å². The van der Waals surface area contributed by atoms with Gasteiger partial charge in [-0.25, -0.2) is 17.6 Å². The molecule has 2 aromatic rings. The molecule has 1 amide bonds. The first-order valence-electron chi connectivity index (χ1n) is 11.7. The van der Waals surface area contributed by atoms with Gasteiger partial charge in [-0.3, -0.25) is 4.79 Å². The van der Waals surface area contributed by atoms with Crippen LogP contribution in [0.4, 0.5) is 17.6 Å². The Balaban J connectivity index is 1.68. The predicted molar refractivity (Wildman–Crippen MR) is 122 cm³/mol. The first-order chi connectivity index (χ1) is 16.1. The van der Waals surface area contributed by atoms with Crippen LogP contribution in [0.2, 0.25) is 0 Å². The van der Waals surface area contributed by atoms with Crippen molar-refractivity contribution in [2.75, 3.05) is 33.7 Å². The summed E-state index contributed by atoms with van der Waals surface area (Å²) < 4.78 is 55.2. The van der Waals surface area contributed by atoms with Gasteiger partial charge in [-0.2, -0.15) is 0 Å². The van der Waals surface area contributed by atoms with Crippen LogP contribution >= 0.6 is 0 Å². The second kappa shape index (κ2) is 11.3. The molecule has 0 aliphatic carbocycles. The number of hydrogen-bond donors (Lipinski definition) is 1. The van der Waals surface area contributed by atoms with E-state index >= 15 is 0 Å². The van der Waals surface area contributed by atoms with Crippen LogP contribution in [0.1, 0.15) is 49.7 Å². The summed E-state index contributed by atoms with van der Waals surface area (Å²) >= 11 is 0. The Morgan fingerprint density at radius 3 is 1.91 bits per heavy atom. The summed E-state index contributed by atoms with van der Waals surface area (Å²) in [7, 11) is 3.49. The third kappa shape index (κ3) is 5.96. The number of carbonyl (C=O) groups is 1. The van der Waals surface area contributed by atoms with Crippen LogP contribution < -0.4 is 0 Å². The normalized spacial score (nSPS) is 15.5. The summed E-state index contributed by atoms with van der Waals surface area (Å²) in [5.41, 5.74) is -1.57. The molecule has 0 saturated carbocycles. The van der Waals surface area contributed by atoms with Crippen LogP contribution in [-0.2, 0) is 10.4 Å². The fraction of sp³-hybridized carbons (Fsp3) is 0.500. The molecule has 0 unspecified atom stereocenters. The van der Waals surface area contributed by atoms with Crippen LogP contribution in [0.15, 0.2) is 36.4 Å². The van der Waals surface area contributed by atoms with Crippen LogP contribution in [-0.4, -0.2) is 54.5 Å². The molecule has 0 atom stereocenters. The third-order valence-electron chi connectivity index (χ3n) is 6.76. The molecule has 0 radical (unpaired) electrons. The van der Waals surface area contributed by atoms with Gasteiger partial charge >= 0.3 is 0 Å². The van der Waals surface area contributed by atoms with Crippen molar-refractivity contribution >= 4 is 5.91 Å². The molecule has 34 heavy (non-hydrogen) atoms. The van der Waals surface area contributed by atoms with Crippen molar-refractivity contribution in [1.82, 2.24) is 9.80 Å². The number of unbranched alkanes of at least 4 members (excludes halogenated alkanes) is 2. The van der Waals surface area contributed by atoms with E-state index in [0.29, 0.717) is 32.4 Å². The molecule has 1 aliphatic rings. The van der Waals surface area contributed by atoms with Crippen LogP contribution in [0.3, 0.4) is 0 Å². The van der Waals surface area contributed by atoms with Gasteiger partial charge < -0.3 is 14.9 Å². The van der Waals surface area contributed by atoms with Gasteiger partial charge in [-0.15, -0.1) is 0 Å². The fourth-order valence-electron chi connectivity index (χ4n) is 4.69. The summed E-state index contributed by atoms with van der Waals surface area (Å²) in [6.45, 7) is 2.21. The first kappa shape index (κ1) is 26.2. The van der Waals surface area contributed by atoms with Gasteiger partial charge in [-0.1, -0.05) is 18.6 Å². The number of amides is 1. The van der Waals surface area contributed by atoms with Gasteiger partial charge in [0.05, 0.1) is 0 Å². The topological polar surface area (TPSA) is 43.8 Å². The van der Waals surface area contributed by atoms with E-state index in [2.05, 4.69) is 4.90 Å². The molecule has 8 heteroatoms. The fourth-order valence-corrected chi connectivity index (χ4v) is 4.69. The third-order valence-corrected chi connectivity index (χ3v) is 6.76. The number of aliphatic hydroxyl groups is 1. The lowest BCUT2D eigenvalue weighted by Crippen LogP contribution is -2.44. The minimum absolute atomic E-state index is 0.112. The van der Waals surface area contributed by atoms with Gasteiger partial charge in [-0.05, 0) is 86.6 Å². The van der Waals surface area contributed by atoms with Crippen molar-refractivity contribution in [2.45, 2.75) is 44.1 Å². The van der Waals surface area contributed by atoms with Crippen molar-refractivity contribution in [3.05, 3.63) is 70.8 Å². The van der Waals surface area contributed by atoms with E-state index in [1.807, 2.05) is 0 Å². The lowest BCUT2D eigenvalue weighted by Gasteiger charge is -2.42. The lowest BCUT2D eigenvalue weighted by molar-refractivity contribution is -0.128. The molecule has 1 heterocycles. The maximum atomic E-state index is 14.0. The molecule has 0 spiro atoms. The number of nitrogens with zero attached hydrogens (tertiary/aromatic N) is 2. The molecule has 1 fully saturated rings. The maximum absolute atomic E-state index is 14.0. The molecule has 2 aromatic carbocycles. The highest BCUT2D eigenvalue weighted by Crippen LogP contribution is 2.42. The van der Waals surface area contributed by atoms with Crippen LogP contribution in [0.5, 0.6) is 0 Å². The van der Waals surface area contributed by atoms with Crippen LogP contribution in [0, 0.1) is 29.2 Å². The molecular weight excluding hydrogens is 448 g/mol. The highest BCUT2D eigenvalue weighted by molar-refractivity contribution is 5.75. The zero-order valence-corrected chi connectivity index (χ0v) is 19.7. The Hall–Kier alpha value is -2.45. The van der Waals surface area contributed by atoms with Gasteiger partial charge in [0.2, 0.25) is 5.91 Å². The summed E-state index contributed by atoms with van der Waals surface area (Å²) in [4.78, 5) is 15.5. The Kier molecular flexibility index (Phi) is 8.71. The lowest BCUT2D eigenvalue weighted by atomic mass is 9.72. The number of halogens is 4. The van der Waals surface area contributed by atoms with Crippen LogP contribution in [0.25, 0.3) is 0 Å². The molecule has 4 nitrogen and oxygen atoms in total. The van der Waals surface area contributed by atoms with E-state index in [1.165, 1.54) is 12.1 Å². The molecule has 1 saturated heterocycles. The monoisotopic (exact) mass is 480 g/mol. The smallest absolute Gasteiger partial charge is 0.222 e. The number of piperidine rings is 1. The van der Waals surface area contributed by atoms with Gasteiger partial charge in [0.25, 0.3) is 0 Å². The summed E-state index contributed by atoms with van der Waals surface area (Å²) in [6, 6.07) is 6.31. The van der Waals surface area contributed by atoms with Crippen molar-refractivity contribution in [3.63, 3.8) is 0 Å². The highest BCUT2D eigenvalue weighted by Gasteiger charge is 2.42. The van der Waals surface area contributed by atoms with E-state index in [1.54, 1.807) is 19.0 Å². The second-order valence-electron chi connectivity index (χ2n) is 9.24. The minimum atomic E-state index is -1.79. The molecule has 1 aliphatic heterocycles. The molecule has 0 aromatic heterocycles. The van der Waals surface area contributed by atoms with Gasteiger partial charge in [0, 0.05) is 20.5 Å². The number of hydrogen-bond acceptors (Lipinski definition) is 3. The Morgan fingerprint density at radius 2 is 1.44 bits per heavy atom. The first-order valence-corrected chi connectivity index (χ1v) is 11.7. The zero-order chi connectivity index (χ0) is 24.9. The number of benzene rings is 2. The van der Waals surface area contributed by atoms with E-state index in [-0.39, 0.29) is 17.0 Å². The Bertz CT molecular complexity index is 939. The average Bonchev–Trinajstić information content (AvgIpc) is 2.82. The predicted octanol–water partition coefficient (Wildman–Crippen LogP) is 4.84. The Labute approximate surface area is 198 Å². The van der Waals surface area contributed by atoms with Gasteiger partial charge in [0.1, 0.15) is 5.60 Å².